The summed E-state index contributed by atoms with van der Waals surface area (Å²) in [5, 5.41) is 2.69. The van der Waals surface area contributed by atoms with Gasteiger partial charge in [0, 0.05) is 6.04 Å². The number of ether oxygens (including phenoxy) is 1. The van der Waals surface area contributed by atoms with Crippen LogP contribution in [-0.2, 0) is 4.74 Å². The lowest BCUT2D eigenvalue weighted by Crippen LogP contribution is -2.37. The predicted molar refractivity (Wildman–Crippen MR) is 53.6 cm³/mol. The zero-order valence-electron chi connectivity index (χ0n) is 8.89. The number of carbonyl (C=O) groups is 1. The fourth-order valence-corrected chi connectivity index (χ4v) is 0.787. The second-order valence-electron chi connectivity index (χ2n) is 3.90. The van der Waals surface area contributed by atoms with E-state index in [1.165, 1.54) is 0 Å². The molecule has 0 aliphatic carbocycles. The summed E-state index contributed by atoms with van der Waals surface area (Å²) in [5.41, 5.74) is -0.441. The molecule has 0 saturated heterocycles. The first-order valence-corrected chi connectivity index (χ1v) is 4.51. The van der Waals surface area contributed by atoms with E-state index in [9.17, 15) is 4.79 Å². The molecular formula is C10H19NO2. The van der Waals surface area contributed by atoms with Crippen LogP contribution in [0.2, 0.25) is 0 Å². The second-order valence-corrected chi connectivity index (χ2v) is 3.90. The molecule has 0 bridgehead atoms. The highest BCUT2D eigenvalue weighted by Gasteiger charge is 2.17. The highest BCUT2D eigenvalue weighted by molar-refractivity contribution is 5.68. The van der Waals surface area contributed by atoms with Crippen LogP contribution >= 0.6 is 0 Å². The molecule has 0 heterocycles. The van der Waals surface area contributed by atoms with Crippen LogP contribution < -0.4 is 5.32 Å². The lowest BCUT2D eigenvalue weighted by molar-refractivity contribution is 0.0513. The van der Waals surface area contributed by atoms with Crippen LogP contribution in [0.4, 0.5) is 4.79 Å². The standard InChI is InChI=1S/C10H19NO2/c1-6-8(7-2)11-9(12)13-10(3,4)5/h6,8H,1,7H2,2-5H3,(H,11,12)/t8-/m0/s1. The van der Waals surface area contributed by atoms with Crippen molar-refractivity contribution in [1.82, 2.24) is 5.32 Å². The molecule has 0 radical (unpaired) electrons. The van der Waals surface area contributed by atoms with E-state index in [2.05, 4.69) is 11.9 Å². The minimum absolute atomic E-state index is 0.00477. The van der Waals surface area contributed by atoms with Gasteiger partial charge in [0.15, 0.2) is 0 Å². The highest BCUT2D eigenvalue weighted by Crippen LogP contribution is 2.07. The Morgan fingerprint density at radius 2 is 2.15 bits per heavy atom. The monoisotopic (exact) mass is 185 g/mol. The van der Waals surface area contributed by atoms with Crippen molar-refractivity contribution in [3.63, 3.8) is 0 Å². The van der Waals surface area contributed by atoms with Crippen molar-refractivity contribution in [2.45, 2.75) is 45.8 Å². The summed E-state index contributed by atoms with van der Waals surface area (Å²) in [4.78, 5) is 11.2. The van der Waals surface area contributed by atoms with Gasteiger partial charge in [0.05, 0.1) is 0 Å². The van der Waals surface area contributed by atoms with Gasteiger partial charge in [-0.25, -0.2) is 4.79 Å². The molecule has 0 rings (SSSR count). The average molecular weight is 185 g/mol. The second kappa shape index (κ2) is 4.90. The maximum atomic E-state index is 11.2. The number of rotatable bonds is 3. The lowest BCUT2D eigenvalue weighted by atomic mass is 10.2. The molecule has 3 heteroatoms. The summed E-state index contributed by atoms with van der Waals surface area (Å²) in [6.07, 6.45) is 2.13. The van der Waals surface area contributed by atoms with Crippen molar-refractivity contribution in [2.24, 2.45) is 0 Å². The Hall–Kier alpha value is -0.990. The Morgan fingerprint density at radius 3 is 2.46 bits per heavy atom. The van der Waals surface area contributed by atoms with Gasteiger partial charge in [0.25, 0.3) is 0 Å². The Morgan fingerprint density at radius 1 is 1.62 bits per heavy atom. The van der Waals surface area contributed by atoms with Crippen LogP contribution in [0.25, 0.3) is 0 Å². The molecule has 0 unspecified atom stereocenters. The first kappa shape index (κ1) is 12.0. The van der Waals surface area contributed by atoms with Crippen LogP contribution in [0, 0.1) is 0 Å². The molecule has 0 aromatic carbocycles. The molecule has 13 heavy (non-hydrogen) atoms. The van der Waals surface area contributed by atoms with Crippen LogP contribution in [0.3, 0.4) is 0 Å². The Bertz CT molecular complexity index is 182. The molecule has 0 aromatic heterocycles. The normalized spacial score (nSPS) is 13.2. The van der Waals surface area contributed by atoms with Gasteiger partial charge in [-0.2, -0.15) is 0 Å². The number of hydrogen-bond acceptors (Lipinski definition) is 2. The summed E-state index contributed by atoms with van der Waals surface area (Å²) in [5.74, 6) is 0. The number of carbonyl (C=O) groups excluding carboxylic acids is 1. The molecule has 0 aliphatic rings. The third kappa shape index (κ3) is 6.20. The van der Waals surface area contributed by atoms with E-state index >= 15 is 0 Å². The molecule has 0 saturated carbocycles. The van der Waals surface area contributed by atoms with Gasteiger partial charge >= 0.3 is 6.09 Å². The fraction of sp³-hybridized carbons (Fsp3) is 0.700. The number of hydrogen-bond donors (Lipinski definition) is 1. The maximum Gasteiger partial charge on any atom is 0.408 e. The van der Waals surface area contributed by atoms with Gasteiger partial charge < -0.3 is 10.1 Å². The van der Waals surface area contributed by atoms with Gasteiger partial charge in [0.1, 0.15) is 5.60 Å². The molecule has 1 amide bonds. The largest absolute Gasteiger partial charge is 0.444 e. The number of amides is 1. The van der Waals surface area contributed by atoms with Crippen LogP contribution in [-0.4, -0.2) is 17.7 Å². The minimum atomic E-state index is -0.441. The molecule has 76 valence electrons. The fourth-order valence-electron chi connectivity index (χ4n) is 0.787. The molecule has 0 fully saturated rings. The van der Waals surface area contributed by atoms with Crippen molar-refractivity contribution < 1.29 is 9.53 Å². The molecule has 0 spiro atoms. The summed E-state index contributed by atoms with van der Waals surface area (Å²) in [6.45, 7) is 11.1. The molecule has 0 aromatic rings. The summed E-state index contributed by atoms with van der Waals surface area (Å²) >= 11 is 0. The molecule has 3 nitrogen and oxygen atoms in total. The van der Waals surface area contributed by atoms with Crippen molar-refractivity contribution in [3.8, 4) is 0 Å². The zero-order chi connectivity index (χ0) is 10.5. The average Bonchev–Trinajstić information content (AvgIpc) is 1.96. The van der Waals surface area contributed by atoms with Gasteiger partial charge in [-0.1, -0.05) is 13.0 Å². The van der Waals surface area contributed by atoms with E-state index < -0.39 is 5.60 Å². The van der Waals surface area contributed by atoms with E-state index in [1.807, 2.05) is 27.7 Å². The summed E-state index contributed by atoms with van der Waals surface area (Å²) < 4.78 is 5.07. The van der Waals surface area contributed by atoms with Crippen LogP contribution in [0.1, 0.15) is 34.1 Å². The van der Waals surface area contributed by atoms with Crippen molar-refractivity contribution in [1.29, 1.82) is 0 Å². The highest BCUT2D eigenvalue weighted by atomic mass is 16.6. The quantitative estimate of drug-likeness (QED) is 0.686. The zero-order valence-corrected chi connectivity index (χ0v) is 8.89. The van der Waals surface area contributed by atoms with E-state index in [0.717, 1.165) is 6.42 Å². The molecule has 1 N–H and O–H groups in total. The summed E-state index contributed by atoms with van der Waals surface area (Å²) in [6, 6.07) is -0.00477. The molecule has 1 atom stereocenters. The van der Waals surface area contributed by atoms with Crippen molar-refractivity contribution >= 4 is 6.09 Å². The SMILES string of the molecule is C=C[C@@H](CC)NC(=O)OC(C)(C)C. The van der Waals surface area contributed by atoms with Gasteiger partial charge in [-0.3, -0.25) is 0 Å². The smallest absolute Gasteiger partial charge is 0.408 e. The van der Waals surface area contributed by atoms with E-state index in [4.69, 9.17) is 4.74 Å². The Kier molecular flexibility index (Phi) is 4.52. The first-order chi connectivity index (χ1) is 5.89. The molecule has 0 aliphatic heterocycles. The Labute approximate surface area is 80.2 Å². The topological polar surface area (TPSA) is 38.3 Å². The molecular weight excluding hydrogens is 166 g/mol. The predicted octanol–water partition coefficient (Wildman–Crippen LogP) is 2.48. The minimum Gasteiger partial charge on any atom is -0.444 e. The van der Waals surface area contributed by atoms with E-state index in [1.54, 1.807) is 6.08 Å². The van der Waals surface area contributed by atoms with Crippen molar-refractivity contribution in [3.05, 3.63) is 12.7 Å². The first-order valence-electron chi connectivity index (χ1n) is 4.51. The third-order valence-electron chi connectivity index (χ3n) is 1.43. The van der Waals surface area contributed by atoms with E-state index in [-0.39, 0.29) is 12.1 Å². The van der Waals surface area contributed by atoms with E-state index in [0.29, 0.717) is 0 Å². The van der Waals surface area contributed by atoms with Gasteiger partial charge in [-0.15, -0.1) is 6.58 Å². The number of nitrogens with one attached hydrogen (secondary N) is 1. The lowest BCUT2D eigenvalue weighted by Gasteiger charge is -2.21. The third-order valence-corrected chi connectivity index (χ3v) is 1.43. The summed E-state index contributed by atoms with van der Waals surface area (Å²) in [7, 11) is 0. The van der Waals surface area contributed by atoms with Crippen molar-refractivity contribution in [2.75, 3.05) is 0 Å². The van der Waals surface area contributed by atoms with Gasteiger partial charge in [0.2, 0.25) is 0 Å². The van der Waals surface area contributed by atoms with Crippen LogP contribution in [0.5, 0.6) is 0 Å². The van der Waals surface area contributed by atoms with Gasteiger partial charge in [-0.05, 0) is 27.2 Å². The maximum absolute atomic E-state index is 11.2. The number of alkyl carbamates (subject to hydrolysis) is 1. The Balaban J connectivity index is 3.93. The van der Waals surface area contributed by atoms with Crippen LogP contribution in [0.15, 0.2) is 12.7 Å².